The molecule has 0 atom stereocenters. The van der Waals surface area contributed by atoms with Gasteiger partial charge in [0, 0.05) is 51.8 Å². The molecule has 3 aliphatic rings. The van der Waals surface area contributed by atoms with Gasteiger partial charge in [0.1, 0.15) is 0 Å². The van der Waals surface area contributed by atoms with Crippen LogP contribution >= 0.6 is 34.8 Å². The largest absolute Gasteiger partial charge is 3.00 e. The van der Waals surface area contributed by atoms with Gasteiger partial charge in [0.2, 0.25) is 0 Å². The molecular weight excluding hydrogens is 688 g/mol. The fourth-order valence-corrected chi connectivity index (χ4v) is 6.12. The predicted molar refractivity (Wildman–Crippen MR) is 182 cm³/mol. The van der Waals surface area contributed by atoms with E-state index in [0.29, 0.717) is 49.9 Å². The summed E-state index contributed by atoms with van der Waals surface area (Å²) in [6.45, 7) is 0. The minimum absolute atomic E-state index is 0. The molecule has 0 aromatic heterocycles. The van der Waals surface area contributed by atoms with Gasteiger partial charge in [-0.25, -0.2) is 0 Å². The summed E-state index contributed by atoms with van der Waals surface area (Å²) < 4.78 is 0. The molecule has 10 heteroatoms. The van der Waals surface area contributed by atoms with Gasteiger partial charge in [0.25, 0.3) is 0 Å². The Bertz CT molecular complexity index is 1290. The molecule has 3 aromatic carbocycles. The molecule has 0 radical (unpaired) electrons. The average molecular weight is 727 g/mol. The molecule has 6 nitrogen and oxygen atoms in total. The smallest absolute Gasteiger partial charge is 0.872 e. The van der Waals surface area contributed by atoms with E-state index in [4.69, 9.17) is 34.8 Å². The summed E-state index contributed by atoms with van der Waals surface area (Å²) in [5.41, 5.74) is 1.78. The van der Waals surface area contributed by atoms with Crippen molar-refractivity contribution in [1.82, 2.24) is 0 Å². The van der Waals surface area contributed by atoms with E-state index in [-0.39, 0.29) is 34.0 Å². The maximum absolute atomic E-state index is 11.4. The maximum Gasteiger partial charge on any atom is 3.00 e. The fourth-order valence-electron chi connectivity index (χ4n) is 5.58. The van der Waals surface area contributed by atoms with E-state index in [1.807, 2.05) is 0 Å². The van der Waals surface area contributed by atoms with Crippen LogP contribution in [0.5, 0.6) is 17.2 Å². The van der Waals surface area contributed by atoms with Crippen molar-refractivity contribution in [2.45, 2.75) is 95.2 Å². The van der Waals surface area contributed by atoms with E-state index in [1.165, 1.54) is 56.7 Å². The van der Waals surface area contributed by atoms with Crippen molar-refractivity contribution in [3.05, 3.63) is 86.4 Å². The van der Waals surface area contributed by atoms with Gasteiger partial charge in [-0.2, -0.15) is 0 Å². The van der Waals surface area contributed by atoms with Crippen LogP contribution in [0.3, 0.4) is 0 Å². The van der Waals surface area contributed by atoms with E-state index in [1.54, 1.807) is 55.0 Å². The monoisotopic (exact) mass is 725 g/mol. The zero-order chi connectivity index (χ0) is 32.0. The molecule has 3 aliphatic carbocycles. The predicted octanol–water partition coefficient (Wildman–Crippen LogP) is 8.32. The van der Waals surface area contributed by atoms with Crippen LogP contribution in [0, 0.1) is 0 Å². The van der Waals surface area contributed by atoms with Gasteiger partial charge in [-0.1, -0.05) is 109 Å². The molecule has 0 bridgehead atoms. The minimum atomic E-state index is -0.0128. The van der Waals surface area contributed by atoms with Crippen LogP contribution in [0.15, 0.2) is 69.6 Å². The van der Waals surface area contributed by atoms with Crippen molar-refractivity contribution in [2.24, 2.45) is 15.0 Å². The summed E-state index contributed by atoms with van der Waals surface area (Å²) >= 11 is 17.4. The molecule has 0 amide bonds. The number of hydrogen-bond donors (Lipinski definition) is 0. The van der Waals surface area contributed by atoms with Gasteiger partial charge in [-0.05, 0) is 91.6 Å². The first-order valence-corrected chi connectivity index (χ1v) is 16.9. The number of halogens is 3. The number of hydrogen-bond acceptors (Lipinski definition) is 6. The standard InChI is InChI=1S/3C12H14ClNO.Co/c3*13-10-5-6-12(15)9(7-10)8-14-11-3-1-2-4-11;/h3*5-8,11,15H,1-4H2;/q;;;+3/p-3. The van der Waals surface area contributed by atoms with Crippen LogP contribution in [0.2, 0.25) is 15.1 Å². The minimum Gasteiger partial charge on any atom is -0.872 e. The van der Waals surface area contributed by atoms with Crippen molar-refractivity contribution >= 4 is 53.4 Å². The van der Waals surface area contributed by atoms with E-state index in [9.17, 15) is 15.3 Å². The Labute approximate surface area is 297 Å². The Hall–Kier alpha value is -2.55. The topological polar surface area (TPSA) is 106 Å². The van der Waals surface area contributed by atoms with Gasteiger partial charge in [-0.15, -0.1) is 0 Å². The summed E-state index contributed by atoms with van der Waals surface area (Å²) in [4.78, 5) is 13.2. The van der Waals surface area contributed by atoms with Crippen LogP contribution in [-0.4, -0.2) is 36.8 Å². The van der Waals surface area contributed by atoms with Crippen LogP contribution in [0.4, 0.5) is 0 Å². The normalized spacial score (nSPS) is 17.3. The Morgan fingerprint density at radius 1 is 0.457 bits per heavy atom. The SMILES string of the molecule is [Co+3].[O-]c1ccc(Cl)cc1C=NC1CCCC1.[O-]c1ccc(Cl)cc1C=NC1CCCC1.[O-]c1ccc(Cl)cc1C=NC1CCCC1. The van der Waals surface area contributed by atoms with Gasteiger partial charge in [0.15, 0.2) is 0 Å². The Morgan fingerprint density at radius 3 is 0.935 bits per heavy atom. The fraction of sp³-hybridized carbons (Fsp3) is 0.417. The third-order valence-electron chi connectivity index (χ3n) is 8.16. The van der Waals surface area contributed by atoms with Crippen LogP contribution < -0.4 is 15.3 Å². The van der Waals surface area contributed by atoms with E-state index in [0.717, 1.165) is 38.5 Å². The average Bonchev–Trinajstić information content (AvgIpc) is 3.84. The molecule has 3 aromatic rings. The summed E-state index contributed by atoms with van der Waals surface area (Å²) in [6, 6.07) is 15.5. The van der Waals surface area contributed by atoms with Crippen LogP contribution in [-0.2, 0) is 16.8 Å². The van der Waals surface area contributed by atoms with Gasteiger partial charge >= 0.3 is 16.8 Å². The maximum atomic E-state index is 11.4. The second kappa shape index (κ2) is 20.0. The van der Waals surface area contributed by atoms with Crippen LogP contribution in [0.25, 0.3) is 0 Å². The third kappa shape index (κ3) is 12.9. The zero-order valence-electron chi connectivity index (χ0n) is 25.7. The van der Waals surface area contributed by atoms with Crippen molar-refractivity contribution in [2.75, 3.05) is 0 Å². The quantitative estimate of drug-likeness (QED) is 0.239. The number of rotatable bonds is 6. The Kier molecular flexibility index (Phi) is 16.4. The molecule has 246 valence electrons. The molecule has 0 aliphatic heterocycles. The number of nitrogens with zero attached hydrogens (tertiary/aromatic N) is 3. The number of benzene rings is 3. The molecule has 3 fully saturated rings. The van der Waals surface area contributed by atoms with Crippen molar-refractivity contribution in [3.63, 3.8) is 0 Å². The third-order valence-corrected chi connectivity index (χ3v) is 8.87. The first kappa shape index (κ1) is 37.9. The van der Waals surface area contributed by atoms with Crippen molar-refractivity contribution < 1.29 is 32.1 Å². The van der Waals surface area contributed by atoms with Crippen molar-refractivity contribution in [1.29, 1.82) is 0 Å². The zero-order valence-corrected chi connectivity index (χ0v) is 29.0. The Morgan fingerprint density at radius 2 is 0.696 bits per heavy atom. The molecule has 0 heterocycles. The summed E-state index contributed by atoms with van der Waals surface area (Å²) in [6.07, 6.45) is 19.4. The van der Waals surface area contributed by atoms with E-state index >= 15 is 0 Å². The van der Waals surface area contributed by atoms with E-state index in [2.05, 4.69) is 15.0 Å². The molecule has 0 spiro atoms. The van der Waals surface area contributed by atoms with Gasteiger partial charge < -0.3 is 15.3 Å². The van der Waals surface area contributed by atoms with Gasteiger partial charge in [-0.3, -0.25) is 15.0 Å². The molecule has 0 unspecified atom stereocenters. The van der Waals surface area contributed by atoms with E-state index < -0.39 is 0 Å². The summed E-state index contributed by atoms with van der Waals surface area (Å²) in [5.74, 6) is -0.0385. The van der Waals surface area contributed by atoms with Gasteiger partial charge in [0.05, 0.1) is 0 Å². The molecular formula is C36H39Cl3CoN3O3. The summed E-state index contributed by atoms with van der Waals surface area (Å²) in [7, 11) is 0. The molecule has 3 saturated carbocycles. The second-order valence-electron chi connectivity index (χ2n) is 11.7. The number of aliphatic imine (C=N–C) groups is 3. The Balaban J connectivity index is 0.000000186. The summed E-state index contributed by atoms with van der Waals surface area (Å²) in [5, 5.41) is 36.0. The molecule has 0 N–H and O–H groups in total. The first-order valence-electron chi connectivity index (χ1n) is 15.8. The molecule has 46 heavy (non-hydrogen) atoms. The first-order chi connectivity index (χ1) is 21.8. The van der Waals surface area contributed by atoms with Crippen molar-refractivity contribution in [3.8, 4) is 17.2 Å². The molecule has 0 saturated heterocycles. The second-order valence-corrected chi connectivity index (χ2v) is 13.0. The van der Waals surface area contributed by atoms with Crippen LogP contribution in [0.1, 0.15) is 93.7 Å². The molecule has 6 rings (SSSR count).